The van der Waals surface area contributed by atoms with Gasteiger partial charge in [-0.3, -0.25) is 0 Å². The number of hydrogen-bond donors (Lipinski definition) is 2. The van der Waals surface area contributed by atoms with Gasteiger partial charge in [-0.05, 0) is 25.2 Å². The van der Waals surface area contributed by atoms with E-state index >= 15 is 0 Å². The van der Waals surface area contributed by atoms with Crippen molar-refractivity contribution in [1.82, 2.24) is 9.62 Å². The summed E-state index contributed by atoms with van der Waals surface area (Å²) in [6, 6.07) is 5.03. The largest absolute Gasteiger partial charge is 0.399 e. The number of nitrogens with zero attached hydrogens (tertiary/aromatic N) is 2. The zero-order valence-electron chi connectivity index (χ0n) is 12.2. The van der Waals surface area contributed by atoms with Gasteiger partial charge in [-0.1, -0.05) is 6.08 Å². The van der Waals surface area contributed by atoms with Crippen LogP contribution in [-0.4, -0.2) is 53.1 Å². The number of anilines is 2. The number of nitrogens with two attached hydrogens (primary N) is 1. The van der Waals surface area contributed by atoms with E-state index in [4.69, 9.17) is 5.73 Å². The van der Waals surface area contributed by atoms with Crippen LogP contribution in [0, 0.1) is 0 Å². The molecule has 0 unspecified atom stereocenters. The Kier molecular flexibility index (Phi) is 4.87. The molecule has 1 aromatic carbocycles. The highest BCUT2D eigenvalue weighted by Crippen LogP contribution is 2.28. The van der Waals surface area contributed by atoms with E-state index in [1.165, 1.54) is 12.1 Å². The van der Waals surface area contributed by atoms with Crippen LogP contribution in [0.2, 0.25) is 0 Å². The summed E-state index contributed by atoms with van der Waals surface area (Å²) in [4.78, 5) is 4.54. The van der Waals surface area contributed by atoms with Crippen LogP contribution in [-0.2, 0) is 10.0 Å². The number of nitrogen functional groups attached to an aromatic ring is 1. The lowest BCUT2D eigenvalue weighted by molar-refractivity contribution is 0.312. The van der Waals surface area contributed by atoms with Crippen LogP contribution in [0.5, 0.6) is 0 Å². The molecule has 1 heterocycles. The summed E-state index contributed by atoms with van der Waals surface area (Å²) >= 11 is 0. The molecule has 0 radical (unpaired) electrons. The van der Waals surface area contributed by atoms with E-state index in [1.807, 2.05) is 0 Å². The number of piperazine rings is 1. The van der Waals surface area contributed by atoms with E-state index in [0.717, 1.165) is 26.2 Å². The zero-order valence-corrected chi connectivity index (χ0v) is 13.1. The molecular weight excluding hydrogens is 288 g/mol. The van der Waals surface area contributed by atoms with Gasteiger partial charge in [0, 0.05) is 38.4 Å². The van der Waals surface area contributed by atoms with E-state index in [1.54, 1.807) is 12.1 Å². The molecule has 0 atom stereocenters. The van der Waals surface area contributed by atoms with Crippen molar-refractivity contribution in [2.45, 2.75) is 4.90 Å². The quantitative estimate of drug-likeness (QED) is 0.611. The van der Waals surface area contributed by atoms with Crippen molar-refractivity contribution in [1.29, 1.82) is 0 Å². The third-order valence-corrected chi connectivity index (χ3v) is 4.99. The lowest BCUT2D eigenvalue weighted by Gasteiger charge is -2.35. The van der Waals surface area contributed by atoms with Gasteiger partial charge in [-0.2, -0.15) is 0 Å². The Bertz CT molecular complexity index is 607. The van der Waals surface area contributed by atoms with Crippen LogP contribution in [0.1, 0.15) is 0 Å². The first kappa shape index (κ1) is 15.8. The molecule has 1 aromatic rings. The average molecular weight is 310 g/mol. The standard InChI is InChI=1S/C14H22N4O2S/c1-3-6-16-21(19,20)14-11-12(15)4-5-13(14)18-9-7-17(2)8-10-18/h3-5,11,16H,1,6-10,15H2,2H3. The summed E-state index contributed by atoms with van der Waals surface area (Å²) < 4.78 is 27.3. The van der Waals surface area contributed by atoms with Crippen LogP contribution in [0.4, 0.5) is 11.4 Å². The summed E-state index contributed by atoms with van der Waals surface area (Å²) in [7, 11) is -1.54. The van der Waals surface area contributed by atoms with Crippen molar-refractivity contribution in [2.75, 3.05) is 50.4 Å². The molecule has 1 aliphatic rings. The number of sulfonamides is 1. The second-order valence-corrected chi connectivity index (χ2v) is 6.89. The number of rotatable bonds is 5. The molecule has 2 rings (SSSR count). The van der Waals surface area contributed by atoms with Gasteiger partial charge in [0.25, 0.3) is 0 Å². The highest BCUT2D eigenvalue weighted by Gasteiger charge is 2.23. The normalized spacial score (nSPS) is 16.9. The molecule has 3 N–H and O–H groups in total. The SMILES string of the molecule is C=CCNS(=O)(=O)c1cc(N)ccc1N1CCN(C)CC1. The lowest BCUT2D eigenvalue weighted by atomic mass is 10.2. The van der Waals surface area contributed by atoms with Gasteiger partial charge in [0.2, 0.25) is 10.0 Å². The zero-order chi connectivity index (χ0) is 15.5. The Hall–Kier alpha value is -1.57. The molecule has 6 nitrogen and oxygen atoms in total. The third-order valence-electron chi connectivity index (χ3n) is 3.54. The summed E-state index contributed by atoms with van der Waals surface area (Å²) in [5.74, 6) is 0. The van der Waals surface area contributed by atoms with E-state index in [0.29, 0.717) is 11.4 Å². The molecule has 0 aliphatic carbocycles. The molecule has 0 saturated carbocycles. The Labute approximate surface area is 126 Å². The Morgan fingerprint density at radius 1 is 1.33 bits per heavy atom. The molecule has 1 fully saturated rings. The molecule has 7 heteroatoms. The number of hydrogen-bond acceptors (Lipinski definition) is 5. The molecule has 116 valence electrons. The van der Waals surface area contributed by atoms with Gasteiger partial charge < -0.3 is 15.5 Å². The van der Waals surface area contributed by atoms with Crippen molar-refractivity contribution in [3.05, 3.63) is 30.9 Å². The highest BCUT2D eigenvalue weighted by molar-refractivity contribution is 7.89. The maximum Gasteiger partial charge on any atom is 0.242 e. The first-order chi connectivity index (χ1) is 9.94. The minimum Gasteiger partial charge on any atom is -0.399 e. The molecule has 0 aromatic heterocycles. The van der Waals surface area contributed by atoms with Crippen LogP contribution < -0.4 is 15.4 Å². The minimum atomic E-state index is -3.59. The predicted molar refractivity (Wildman–Crippen MR) is 85.9 cm³/mol. The fourth-order valence-electron chi connectivity index (χ4n) is 2.30. The van der Waals surface area contributed by atoms with Gasteiger partial charge in [0.1, 0.15) is 4.90 Å². The molecular formula is C14H22N4O2S. The van der Waals surface area contributed by atoms with Crippen molar-refractivity contribution in [3.63, 3.8) is 0 Å². The molecule has 0 amide bonds. The summed E-state index contributed by atoms with van der Waals surface area (Å²) in [6.45, 7) is 7.13. The van der Waals surface area contributed by atoms with Crippen molar-refractivity contribution < 1.29 is 8.42 Å². The molecule has 0 spiro atoms. The van der Waals surface area contributed by atoms with E-state index < -0.39 is 10.0 Å². The van der Waals surface area contributed by atoms with Crippen LogP contribution in [0.15, 0.2) is 35.7 Å². The third kappa shape index (κ3) is 3.75. The topological polar surface area (TPSA) is 78.7 Å². The predicted octanol–water partition coefficient (Wildman–Crippen LogP) is 0.485. The monoisotopic (exact) mass is 310 g/mol. The van der Waals surface area contributed by atoms with Crippen molar-refractivity contribution >= 4 is 21.4 Å². The smallest absolute Gasteiger partial charge is 0.242 e. The van der Waals surface area contributed by atoms with E-state index in [9.17, 15) is 8.42 Å². The number of benzene rings is 1. The number of likely N-dealkylation sites (N-methyl/N-ethyl adjacent to an activating group) is 1. The van der Waals surface area contributed by atoms with Gasteiger partial charge in [0.05, 0.1) is 5.69 Å². The summed E-state index contributed by atoms with van der Waals surface area (Å²) in [5.41, 5.74) is 6.90. The minimum absolute atomic E-state index is 0.194. The van der Waals surface area contributed by atoms with E-state index in [-0.39, 0.29) is 11.4 Å². The second-order valence-electron chi connectivity index (χ2n) is 5.16. The average Bonchev–Trinajstić information content (AvgIpc) is 2.46. The Morgan fingerprint density at radius 3 is 2.62 bits per heavy atom. The van der Waals surface area contributed by atoms with Gasteiger partial charge in [0.15, 0.2) is 0 Å². The highest BCUT2D eigenvalue weighted by atomic mass is 32.2. The first-order valence-corrected chi connectivity index (χ1v) is 8.36. The van der Waals surface area contributed by atoms with Gasteiger partial charge in [-0.15, -0.1) is 6.58 Å². The fourth-order valence-corrected chi connectivity index (χ4v) is 3.56. The molecule has 1 saturated heterocycles. The maximum atomic E-state index is 12.4. The van der Waals surface area contributed by atoms with Crippen LogP contribution >= 0.6 is 0 Å². The molecule has 0 bridgehead atoms. The van der Waals surface area contributed by atoms with Crippen LogP contribution in [0.3, 0.4) is 0 Å². The maximum absolute atomic E-state index is 12.4. The van der Waals surface area contributed by atoms with Crippen LogP contribution in [0.25, 0.3) is 0 Å². The Morgan fingerprint density at radius 2 is 2.00 bits per heavy atom. The second kappa shape index (κ2) is 6.46. The first-order valence-electron chi connectivity index (χ1n) is 6.87. The van der Waals surface area contributed by atoms with Crippen molar-refractivity contribution in [2.24, 2.45) is 0 Å². The van der Waals surface area contributed by atoms with Crippen molar-refractivity contribution in [3.8, 4) is 0 Å². The Balaban J connectivity index is 2.36. The molecule has 1 aliphatic heterocycles. The lowest BCUT2D eigenvalue weighted by Crippen LogP contribution is -2.45. The summed E-state index contributed by atoms with van der Waals surface area (Å²) in [5, 5.41) is 0. The van der Waals surface area contributed by atoms with E-state index in [2.05, 4.69) is 28.1 Å². The summed E-state index contributed by atoms with van der Waals surface area (Å²) in [6.07, 6.45) is 1.51. The molecule has 21 heavy (non-hydrogen) atoms. The number of nitrogens with one attached hydrogen (secondary N) is 1. The fraction of sp³-hybridized carbons (Fsp3) is 0.429. The van der Waals surface area contributed by atoms with Gasteiger partial charge in [-0.25, -0.2) is 13.1 Å². The van der Waals surface area contributed by atoms with Gasteiger partial charge >= 0.3 is 0 Å².